The molecule has 0 aromatic carbocycles. The highest BCUT2D eigenvalue weighted by atomic mass is 16.5. The number of hydrogen-bond acceptors (Lipinski definition) is 4. The number of rotatable bonds is 18. The highest BCUT2D eigenvalue weighted by molar-refractivity contribution is 4.70. The lowest BCUT2D eigenvalue weighted by atomic mass is 10.0. The lowest BCUT2D eigenvalue weighted by Gasteiger charge is -2.15. The Kier molecular flexibility index (Phi) is 18.1. The van der Waals surface area contributed by atoms with E-state index in [2.05, 4.69) is 0 Å². The van der Waals surface area contributed by atoms with E-state index >= 15 is 0 Å². The van der Waals surface area contributed by atoms with Crippen LogP contribution in [-0.4, -0.2) is 42.7 Å². The van der Waals surface area contributed by atoms with Crippen molar-refractivity contribution in [2.45, 2.75) is 102 Å². The average molecular weight is 332 g/mol. The number of nitrogens with two attached hydrogens (primary N) is 1. The van der Waals surface area contributed by atoms with Crippen molar-refractivity contribution in [2.75, 3.05) is 20.3 Å². The van der Waals surface area contributed by atoms with Crippen molar-refractivity contribution in [3.8, 4) is 0 Å². The van der Waals surface area contributed by atoms with Gasteiger partial charge in [0.2, 0.25) is 0 Å². The fraction of sp³-hybridized carbons (Fsp3) is 1.00. The van der Waals surface area contributed by atoms with Gasteiger partial charge in [0.25, 0.3) is 0 Å². The smallest absolute Gasteiger partial charge is 0.0713 e. The molecule has 0 aliphatic carbocycles. The minimum Gasteiger partial charge on any atom is -0.395 e. The Morgan fingerprint density at radius 2 is 1.13 bits per heavy atom. The van der Waals surface area contributed by atoms with Crippen LogP contribution in [0.25, 0.3) is 0 Å². The van der Waals surface area contributed by atoms with E-state index in [0.29, 0.717) is 6.42 Å². The van der Waals surface area contributed by atoms with Crippen molar-refractivity contribution in [3.05, 3.63) is 0 Å². The second-order valence-corrected chi connectivity index (χ2v) is 6.79. The molecular formula is C19H41NO3. The largest absolute Gasteiger partial charge is 0.395 e. The van der Waals surface area contributed by atoms with Crippen molar-refractivity contribution < 1.29 is 14.9 Å². The normalized spacial score (nSPS) is 14.1. The highest BCUT2D eigenvalue weighted by Gasteiger charge is 2.12. The molecule has 2 unspecified atom stereocenters. The van der Waals surface area contributed by atoms with Crippen LogP contribution < -0.4 is 5.73 Å². The van der Waals surface area contributed by atoms with Crippen LogP contribution in [0.2, 0.25) is 0 Å². The molecule has 2 atom stereocenters. The first-order valence-corrected chi connectivity index (χ1v) is 9.75. The maximum Gasteiger partial charge on any atom is 0.0713 e. The maximum atomic E-state index is 9.63. The van der Waals surface area contributed by atoms with E-state index in [1.54, 1.807) is 7.11 Å². The van der Waals surface area contributed by atoms with Crippen molar-refractivity contribution in [1.29, 1.82) is 0 Å². The summed E-state index contributed by atoms with van der Waals surface area (Å²) in [6, 6.07) is -0.477. The van der Waals surface area contributed by atoms with Crippen LogP contribution in [0.4, 0.5) is 0 Å². The SMILES string of the molecule is COCCCCCCCCCCCCCCCC(O)C(N)CO. The summed E-state index contributed by atoms with van der Waals surface area (Å²) in [4.78, 5) is 0. The zero-order valence-corrected chi connectivity index (χ0v) is 15.3. The van der Waals surface area contributed by atoms with E-state index in [0.717, 1.165) is 19.4 Å². The number of unbranched alkanes of at least 4 members (excludes halogenated alkanes) is 12. The van der Waals surface area contributed by atoms with Crippen molar-refractivity contribution in [1.82, 2.24) is 0 Å². The number of hydrogen-bond donors (Lipinski definition) is 3. The highest BCUT2D eigenvalue weighted by Crippen LogP contribution is 2.13. The Morgan fingerprint density at radius 1 is 0.739 bits per heavy atom. The number of ether oxygens (including phenoxy) is 1. The van der Waals surface area contributed by atoms with Crippen LogP contribution in [0, 0.1) is 0 Å². The van der Waals surface area contributed by atoms with Gasteiger partial charge in [0.15, 0.2) is 0 Å². The van der Waals surface area contributed by atoms with Gasteiger partial charge in [0.1, 0.15) is 0 Å². The van der Waals surface area contributed by atoms with E-state index in [9.17, 15) is 5.11 Å². The van der Waals surface area contributed by atoms with Crippen LogP contribution in [0.15, 0.2) is 0 Å². The Labute approximate surface area is 143 Å². The van der Waals surface area contributed by atoms with E-state index in [4.69, 9.17) is 15.6 Å². The first-order valence-electron chi connectivity index (χ1n) is 9.75. The number of aliphatic hydroxyl groups is 2. The second-order valence-electron chi connectivity index (χ2n) is 6.79. The van der Waals surface area contributed by atoms with Gasteiger partial charge in [-0.05, 0) is 12.8 Å². The quantitative estimate of drug-likeness (QED) is 0.334. The van der Waals surface area contributed by atoms with Gasteiger partial charge in [-0.25, -0.2) is 0 Å². The fourth-order valence-electron chi connectivity index (χ4n) is 2.88. The van der Waals surface area contributed by atoms with E-state index in [1.165, 1.54) is 70.6 Å². The molecule has 0 saturated carbocycles. The lowest BCUT2D eigenvalue weighted by molar-refractivity contribution is 0.0990. The summed E-state index contributed by atoms with van der Waals surface area (Å²) in [6.45, 7) is 0.779. The first-order chi connectivity index (χ1) is 11.2. The Bertz CT molecular complexity index is 227. The van der Waals surface area contributed by atoms with E-state index < -0.39 is 12.1 Å². The van der Waals surface area contributed by atoms with Crippen LogP contribution in [0.5, 0.6) is 0 Å². The second kappa shape index (κ2) is 18.2. The zero-order valence-electron chi connectivity index (χ0n) is 15.3. The molecule has 0 aromatic heterocycles. The van der Waals surface area contributed by atoms with Gasteiger partial charge in [0, 0.05) is 13.7 Å². The van der Waals surface area contributed by atoms with Gasteiger partial charge < -0.3 is 20.7 Å². The molecular weight excluding hydrogens is 290 g/mol. The first kappa shape index (κ1) is 22.8. The summed E-state index contributed by atoms with van der Waals surface area (Å²) in [5.41, 5.74) is 5.57. The molecule has 0 aliphatic rings. The molecule has 0 heterocycles. The lowest BCUT2D eigenvalue weighted by Crippen LogP contribution is -2.37. The molecule has 140 valence electrons. The monoisotopic (exact) mass is 331 g/mol. The fourth-order valence-corrected chi connectivity index (χ4v) is 2.88. The van der Waals surface area contributed by atoms with Crippen LogP contribution >= 0.6 is 0 Å². The third-order valence-electron chi connectivity index (χ3n) is 4.55. The summed E-state index contributed by atoms with van der Waals surface area (Å²) in [5.74, 6) is 0. The van der Waals surface area contributed by atoms with Gasteiger partial charge in [0.05, 0.1) is 18.8 Å². The Balaban J connectivity index is 3.08. The molecule has 0 saturated heterocycles. The minimum atomic E-state index is -0.547. The maximum absolute atomic E-state index is 9.63. The van der Waals surface area contributed by atoms with Crippen molar-refractivity contribution in [3.63, 3.8) is 0 Å². The Hall–Kier alpha value is -0.160. The third kappa shape index (κ3) is 16.5. The molecule has 0 fully saturated rings. The molecule has 0 aromatic rings. The van der Waals surface area contributed by atoms with Crippen LogP contribution in [0.1, 0.15) is 89.9 Å². The number of aliphatic hydroxyl groups excluding tert-OH is 2. The van der Waals surface area contributed by atoms with Gasteiger partial charge in [-0.15, -0.1) is 0 Å². The minimum absolute atomic E-state index is 0.131. The summed E-state index contributed by atoms with van der Waals surface area (Å²) >= 11 is 0. The summed E-state index contributed by atoms with van der Waals surface area (Å²) < 4.78 is 5.05. The molecule has 0 bridgehead atoms. The molecule has 4 heteroatoms. The molecule has 0 amide bonds. The van der Waals surface area contributed by atoms with E-state index in [-0.39, 0.29) is 6.61 Å². The van der Waals surface area contributed by atoms with Gasteiger partial charge >= 0.3 is 0 Å². The summed E-state index contributed by atoms with van der Waals surface area (Å²) in [5, 5.41) is 18.5. The number of methoxy groups -OCH3 is 1. The predicted octanol–water partition coefficient (Wildman–Crippen LogP) is 3.77. The summed E-state index contributed by atoms with van der Waals surface area (Å²) in [6.07, 6.45) is 17.0. The zero-order chi connectivity index (χ0) is 17.2. The van der Waals surface area contributed by atoms with Crippen molar-refractivity contribution >= 4 is 0 Å². The topological polar surface area (TPSA) is 75.7 Å². The Morgan fingerprint density at radius 3 is 1.52 bits per heavy atom. The van der Waals surface area contributed by atoms with Gasteiger partial charge in [-0.3, -0.25) is 0 Å². The van der Waals surface area contributed by atoms with Crippen molar-refractivity contribution in [2.24, 2.45) is 5.73 Å². The summed E-state index contributed by atoms with van der Waals surface area (Å²) in [7, 11) is 1.77. The molecule has 4 N–H and O–H groups in total. The third-order valence-corrected chi connectivity index (χ3v) is 4.55. The molecule has 4 nitrogen and oxygen atoms in total. The molecule has 23 heavy (non-hydrogen) atoms. The van der Waals surface area contributed by atoms with Gasteiger partial charge in [-0.1, -0.05) is 77.0 Å². The molecule has 0 spiro atoms. The van der Waals surface area contributed by atoms with Crippen LogP contribution in [-0.2, 0) is 4.74 Å². The van der Waals surface area contributed by atoms with Gasteiger partial charge in [-0.2, -0.15) is 0 Å². The standard InChI is InChI=1S/C19H41NO3/c1-23-16-14-12-10-8-6-4-2-3-5-7-9-11-13-15-19(22)18(20)17-21/h18-19,21-22H,2-17,20H2,1H3. The molecule has 0 aliphatic heterocycles. The molecule has 0 radical (unpaired) electrons. The molecule has 0 rings (SSSR count). The van der Waals surface area contributed by atoms with E-state index in [1.807, 2.05) is 0 Å². The predicted molar refractivity (Wildman–Crippen MR) is 97.6 cm³/mol. The van der Waals surface area contributed by atoms with Crippen LogP contribution in [0.3, 0.4) is 0 Å². The average Bonchev–Trinajstić information content (AvgIpc) is 2.57.